The van der Waals surface area contributed by atoms with E-state index in [1.165, 1.54) is 0 Å². The predicted molar refractivity (Wildman–Crippen MR) is 67.9 cm³/mol. The second kappa shape index (κ2) is 7.09. The van der Waals surface area contributed by atoms with Crippen molar-refractivity contribution in [2.45, 2.75) is 33.0 Å². The summed E-state index contributed by atoms with van der Waals surface area (Å²) in [5.74, 6) is 0.141. The summed E-state index contributed by atoms with van der Waals surface area (Å²) in [7, 11) is 0. The fourth-order valence-electron chi connectivity index (χ4n) is 1.68. The zero-order valence-corrected chi connectivity index (χ0v) is 10.3. The van der Waals surface area contributed by atoms with E-state index in [1.807, 2.05) is 19.1 Å². The maximum Gasteiger partial charge on any atom is 0.126 e. The molecule has 17 heavy (non-hydrogen) atoms. The summed E-state index contributed by atoms with van der Waals surface area (Å²) in [4.78, 5) is 0. The van der Waals surface area contributed by atoms with Crippen LogP contribution in [0.5, 0.6) is 5.75 Å². The fraction of sp³-hybridized carbons (Fsp3) is 0.429. The minimum absolute atomic E-state index is 0.141. The maximum atomic E-state index is 9.86. The lowest BCUT2D eigenvalue weighted by molar-refractivity contribution is 0.117. The molecule has 0 bridgehead atoms. The van der Waals surface area contributed by atoms with Crippen LogP contribution in [0.2, 0.25) is 0 Å². The van der Waals surface area contributed by atoms with Gasteiger partial charge in [0.25, 0.3) is 0 Å². The minimum atomic E-state index is -0.156. The number of aromatic hydroxyl groups is 1. The quantitative estimate of drug-likeness (QED) is 0.565. The van der Waals surface area contributed by atoms with Crippen molar-refractivity contribution in [3.63, 3.8) is 0 Å². The third-order valence-electron chi connectivity index (χ3n) is 2.54. The Hall–Kier alpha value is -1.32. The molecule has 1 aromatic rings. The van der Waals surface area contributed by atoms with Crippen molar-refractivity contribution in [3.8, 4) is 5.75 Å². The van der Waals surface area contributed by atoms with E-state index in [2.05, 4.69) is 6.58 Å². The van der Waals surface area contributed by atoms with Gasteiger partial charge in [-0.15, -0.1) is 6.58 Å². The number of allylic oxidation sites excluding steroid dienone is 1. The number of benzene rings is 1. The van der Waals surface area contributed by atoms with Gasteiger partial charge in [-0.1, -0.05) is 23.8 Å². The van der Waals surface area contributed by atoms with E-state index in [4.69, 9.17) is 9.84 Å². The Labute approximate surface area is 102 Å². The van der Waals surface area contributed by atoms with Crippen molar-refractivity contribution in [2.75, 3.05) is 6.61 Å². The molecule has 0 amide bonds. The number of unbranched alkanes of at least 4 members (excludes halogenated alkanes) is 1. The summed E-state index contributed by atoms with van der Waals surface area (Å²) in [6, 6.07) is 3.65. The van der Waals surface area contributed by atoms with Gasteiger partial charge in [0.1, 0.15) is 5.75 Å². The smallest absolute Gasteiger partial charge is 0.126 e. The van der Waals surface area contributed by atoms with Crippen LogP contribution in [-0.2, 0) is 18.0 Å². The molecule has 1 aromatic carbocycles. The monoisotopic (exact) mass is 236 g/mol. The number of hydrogen-bond acceptors (Lipinski definition) is 3. The molecule has 94 valence electrons. The number of aliphatic hydroxyl groups is 1. The topological polar surface area (TPSA) is 49.7 Å². The molecule has 3 nitrogen and oxygen atoms in total. The molecule has 0 saturated carbocycles. The van der Waals surface area contributed by atoms with Crippen molar-refractivity contribution in [1.29, 1.82) is 0 Å². The average Bonchev–Trinajstić information content (AvgIpc) is 2.32. The lowest BCUT2D eigenvalue weighted by Crippen LogP contribution is -1.98. The number of hydrogen-bond donors (Lipinski definition) is 2. The van der Waals surface area contributed by atoms with Gasteiger partial charge in [0, 0.05) is 17.7 Å². The van der Waals surface area contributed by atoms with Crippen molar-refractivity contribution >= 4 is 0 Å². The highest BCUT2D eigenvalue weighted by Gasteiger charge is 2.07. The van der Waals surface area contributed by atoms with Crippen molar-refractivity contribution in [2.24, 2.45) is 0 Å². The Morgan fingerprint density at radius 2 is 2.06 bits per heavy atom. The molecule has 0 aromatic heterocycles. The number of phenols is 1. The number of ether oxygens (including phenoxy) is 1. The molecule has 0 aliphatic heterocycles. The van der Waals surface area contributed by atoms with Crippen molar-refractivity contribution in [1.82, 2.24) is 0 Å². The molecule has 2 N–H and O–H groups in total. The lowest BCUT2D eigenvalue weighted by atomic mass is 10.1. The van der Waals surface area contributed by atoms with Crippen LogP contribution in [0.25, 0.3) is 0 Å². The van der Waals surface area contributed by atoms with Gasteiger partial charge in [-0.05, 0) is 19.8 Å². The van der Waals surface area contributed by atoms with Gasteiger partial charge in [0.05, 0.1) is 13.2 Å². The minimum Gasteiger partial charge on any atom is -0.507 e. The molecule has 3 heteroatoms. The normalized spacial score (nSPS) is 10.5. The van der Waals surface area contributed by atoms with Crippen molar-refractivity contribution < 1.29 is 14.9 Å². The summed E-state index contributed by atoms with van der Waals surface area (Å²) >= 11 is 0. The first-order valence-electron chi connectivity index (χ1n) is 5.80. The fourth-order valence-corrected chi connectivity index (χ4v) is 1.68. The van der Waals surface area contributed by atoms with Gasteiger partial charge in [-0.2, -0.15) is 0 Å². The largest absolute Gasteiger partial charge is 0.507 e. The summed E-state index contributed by atoms with van der Waals surface area (Å²) < 4.78 is 5.47. The Morgan fingerprint density at radius 1 is 1.35 bits per heavy atom. The molecular formula is C14H20O3. The summed E-state index contributed by atoms with van der Waals surface area (Å²) in [6.07, 6.45) is 3.72. The van der Waals surface area contributed by atoms with Crippen LogP contribution in [0.15, 0.2) is 24.8 Å². The van der Waals surface area contributed by atoms with Gasteiger partial charge in [0.15, 0.2) is 0 Å². The zero-order valence-electron chi connectivity index (χ0n) is 10.3. The highest BCUT2D eigenvalue weighted by molar-refractivity contribution is 5.42. The van der Waals surface area contributed by atoms with Crippen LogP contribution in [0, 0.1) is 6.92 Å². The van der Waals surface area contributed by atoms with Crippen LogP contribution in [0.3, 0.4) is 0 Å². The molecule has 0 radical (unpaired) electrons. The molecule has 0 unspecified atom stereocenters. The SMILES string of the molecule is C=CCCCOCc1cc(C)cc(CO)c1O. The summed E-state index contributed by atoms with van der Waals surface area (Å²) in [5.41, 5.74) is 2.29. The molecular weight excluding hydrogens is 216 g/mol. The lowest BCUT2D eigenvalue weighted by Gasteiger charge is -2.10. The van der Waals surface area contributed by atoms with E-state index < -0.39 is 0 Å². The molecule has 0 spiro atoms. The zero-order chi connectivity index (χ0) is 12.7. The first-order chi connectivity index (χ1) is 8.19. The average molecular weight is 236 g/mol. The molecule has 0 heterocycles. The Balaban J connectivity index is 2.58. The Kier molecular flexibility index (Phi) is 5.73. The van der Waals surface area contributed by atoms with Gasteiger partial charge >= 0.3 is 0 Å². The Morgan fingerprint density at radius 3 is 2.71 bits per heavy atom. The first-order valence-corrected chi connectivity index (χ1v) is 5.80. The third-order valence-corrected chi connectivity index (χ3v) is 2.54. The molecule has 0 saturated heterocycles. The van der Waals surface area contributed by atoms with Crippen LogP contribution < -0.4 is 0 Å². The maximum absolute atomic E-state index is 9.86. The highest BCUT2D eigenvalue weighted by Crippen LogP contribution is 2.25. The van der Waals surface area contributed by atoms with Crippen LogP contribution in [0.4, 0.5) is 0 Å². The van der Waals surface area contributed by atoms with E-state index >= 15 is 0 Å². The van der Waals surface area contributed by atoms with Crippen LogP contribution in [-0.4, -0.2) is 16.8 Å². The van der Waals surface area contributed by atoms with E-state index in [0.717, 1.165) is 24.0 Å². The number of rotatable bonds is 7. The second-order valence-electron chi connectivity index (χ2n) is 4.07. The second-order valence-corrected chi connectivity index (χ2v) is 4.07. The molecule has 0 aliphatic carbocycles. The van der Waals surface area contributed by atoms with Gasteiger partial charge in [0.2, 0.25) is 0 Å². The van der Waals surface area contributed by atoms with Gasteiger partial charge < -0.3 is 14.9 Å². The third kappa shape index (κ3) is 4.21. The van der Waals surface area contributed by atoms with Crippen LogP contribution in [0.1, 0.15) is 29.5 Å². The summed E-state index contributed by atoms with van der Waals surface area (Å²) in [5, 5.41) is 19.0. The standard InChI is InChI=1S/C14H20O3/c1-3-4-5-6-17-10-13-8-11(2)7-12(9-15)14(13)16/h3,7-8,15-16H,1,4-6,9-10H2,2H3. The van der Waals surface area contributed by atoms with E-state index in [9.17, 15) is 5.11 Å². The van der Waals surface area contributed by atoms with Gasteiger partial charge in [-0.3, -0.25) is 0 Å². The first kappa shape index (κ1) is 13.7. The highest BCUT2D eigenvalue weighted by atomic mass is 16.5. The number of aryl methyl sites for hydroxylation is 1. The van der Waals surface area contributed by atoms with Gasteiger partial charge in [-0.25, -0.2) is 0 Å². The predicted octanol–water partition coefficient (Wildman–Crippen LogP) is 2.68. The van der Waals surface area contributed by atoms with Crippen LogP contribution >= 0.6 is 0 Å². The summed E-state index contributed by atoms with van der Waals surface area (Å²) in [6.45, 7) is 6.44. The molecule has 0 fully saturated rings. The molecule has 0 aliphatic rings. The van der Waals surface area contributed by atoms with Crippen molar-refractivity contribution in [3.05, 3.63) is 41.5 Å². The van der Waals surface area contributed by atoms with E-state index in [0.29, 0.717) is 18.8 Å². The molecule has 1 rings (SSSR count). The van der Waals surface area contributed by atoms with E-state index in [1.54, 1.807) is 6.07 Å². The number of aliphatic hydroxyl groups excluding tert-OH is 1. The van der Waals surface area contributed by atoms with E-state index in [-0.39, 0.29) is 12.4 Å². The molecule has 0 atom stereocenters. The Bertz CT molecular complexity index is 372.